The number of aliphatic imine (C=N–C) groups is 1. The van der Waals surface area contributed by atoms with Gasteiger partial charge in [0.15, 0.2) is 5.96 Å². The number of rotatable bonds is 11. The second-order valence-corrected chi connectivity index (χ2v) is 8.43. The van der Waals surface area contributed by atoms with Crippen LogP contribution in [0.3, 0.4) is 0 Å². The number of nitrogens with one attached hydrogen (secondary N) is 3. The maximum atomic E-state index is 11.9. The fourth-order valence-corrected chi connectivity index (χ4v) is 2.49. The molecule has 10 heteroatoms. The number of likely N-dealkylation sites (N-methyl/N-ethyl adjacent to an activating group) is 1. The average Bonchev–Trinajstić information content (AvgIpc) is 2.70. The third-order valence-corrected chi connectivity index (χ3v) is 4.14. The van der Waals surface area contributed by atoms with E-state index in [0.29, 0.717) is 38.0 Å². The smallest absolute Gasteiger partial charge is 0.412 e. The summed E-state index contributed by atoms with van der Waals surface area (Å²) < 4.78 is 10.6. The lowest BCUT2D eigenvalue weighted by molar-refractivity contribution is -0.127. The Morgan fingerprint density at radius 1 is 1.06 bits per heavy atom. The molecule has 0 saturated carbocycles. The summed E-state index contributed by atoms with van der Waals surface area (Å²) in [6, 6.07) is 7.60. The number of anilines is 1. The van der Waals surface area contributed by atoms with E-state index in [1.807, 2.05) is 52.0 Å². The Bertz CT molecular complexity index is 733. The molecule has 0 heterocycles. The van der Waals surface area contributed by atoms with Crippen LogP contribution < -0.4 is 16.0 Å². The number of guanidine groups is 1. The van der Waals surface area contributed by atoms with Crippen LogP contribution >= 0.6 is 24.0 Å². The number of hydrogen-bond acceptors (Lipinski definition) is 5. The molecule has 0 aliphatic heterocycles. The first-order valence-electron chi connectivity index (χ1n) is 11.0. The number of hydrogen-bond donors (Lipinski definition) is 3. The second kappa shape index (κ2) is 16.5. The van der Waals surface area contributed by atoms with E-state index in [0.717, 1.165) is 18.4 Å². The Morgan fingerprint density at radius 2 is 1.70 bits per heavy atom. The molecule has 1 aromatic rings. The van der Waals surface area contributed by atoms with E-state index >= 15 is 0 Å². The zero-order valence-electron chi connectivity index (χ0n) is 20.7. The average molecular weight is 578 g/mol. The minimum absolute atomic E-state index is 0. The molecule has 0 aliphatic rings. The van der Waals surface area contributed by atoms with Gasteiger partial charge in [0, 0.05) is 46.1 Å². The minimum Gasteiger partial charge on any atom is -0.444 e. The topological polar surface area (TPSA) is 104 Å². The standard InChI is InChI=1S/C23H39N5O4.HI/c1-7-31-16-8-14-24-21(26-17-20(29)28(5)6)25-15-13-18-9-11-19(12-10-18)27-22(30)32-23(2,3)4;/h9-12H,7-8,13-17H2,1-6H3,(H,27,30)(H2,24,25,26);1H. The van der Waals surface area contributed by atoms with Gasteiger partial charge in [-0.1, -0.05) is 12.1 Å². The Labute approximate surface area is 215 Å². The first-order chi connectivity index (χ1) is 15.1. The Balaban J connectivity index is 0.0000102. The zero-order valence-corrected chi connectivity index (χ0v) is 23.0. The van der Waals surface area contributed by atoms with Gasteiger partial charge in [-0.2, -0.15) is 0 Å². The third kappa shape index (κ3) is 15.4. The van der Waals surface area contributed by atoms with Crippen molar-refractivity contribution in [2.24, 2.45) is 4.99 Å². The number of nitrogens with zero attached hydrogens (tertiary/aromatic N) is 2. The van der Waals surface area contributed by atoms with Crippen molar-refractivity contribution in [1.82, 2.24) is 15.5 Å². The van der Waals surface area contributed by atoms with Gasteiger partial charge in [-0.05, 0) is 58.2 Å². The molecular weight excluding hydrogens is 537 g/mol. The third-order valence-electron chi connectivity index (χ3n) is 4.14. The molecule has 0 aliphatic carbocycles. The van der Waals surface area contributed by atoms with Crippen molar-refractivity contribution in [3.05, 3.63) is 29.8 Å². The number of ether oxygens (including phenoxy) is 2. The molecule has 0 saturated heterocycles. The number of halogens is 1. The molecule has 33 heavy (non-hydrogen) atoms. The van der Waals surface area contributed by atoms with Gasteiger partial charge in [-0.25, -0.2) is 9.79 Å². The van der Waals surface area contributed by atoms with Gasteiger partial charge in [0.05, 0.1) is 0 Å². The van der Waals surface area contributed by atoms with Crippen molar-refractivity contribution in [1.29, 1.82) is 0 Å². The molecule has 0 unspecified atom stereocenters. The van der Waals surface area contributed by atoms with Crippen LogP contribution in [0.25, 0.3) is 0 Å². The molecule has 0 atom stereocenters. The highest BCUT2D eigenvalue weighted by molar-refractivity contribution is 14.0. The van der Waals surface area contributed by atoms with Crippen molar-refractivity contribution in [2.45, 2.75) is 46.1 Å². The minimum atomic E-state index is -0.539. The van der Waals surface area contributed by atoms with Crippen molar-refractivity contribution in [3.8, 4) is 0 Å². The van der Waals surface area contributed by atoms with E-state index in [1.165, 1.54) is 4.90 Å². The predicted molar refractivity (Wildman–Crippen MR) is 144 cm³/mol. The van der Waals surface area contributed by atoms with Gasteiger partial charge in [0.2, 0.25) is 5.91 Å². The van der Waals surface area contributed by atoms with Crippen LogP contribution in [0, 0.1) is 0 Å². The van der Waals surface area contributed by atoms with Crippen LogP contribution in [0.2, 0.25) is 0 Å². The van der Waals surface area contributed by atoms with Crippen molar-refractivity contribution >= 4 is 47.6 Å². The van der Waals surface area contributed by atoms with E-state index in [9.17, 15) is 9.59 Å². The van der Waals surface area contributed by atoms with Crippen LogP contribution in [0.4, 0.5) is 10.5 Å². The molecule has 188 valence electrons. The van der Waals surface area contributed by atoms with E-state index in [-0.39, 0.29) is 36.4 Å². The van der Waals surface area contributed by atoms with E-state index in [4.69, 9.17) is 9.47 Å². The van der Waals surface area contributed by atoms with Crippen molar-refractivity contribution < 1.29 is 19.1 Å². The molecular formula is C23H40IN5O4. The molecule has 0 radical (unpaired) electrons. The number of carbonyl (C=O) groups excluding carboxylic acids is 2. The summed E-state index contributed by atoms with van der Waals surface area (Å²) in [5, 5.41) is 9.22. The van der Waals surface area contributed by atoms with Gasteiger partial charge in [-0.15, -0.1) is 24.0 Å². The van der Waals surface area contributed by atoms with E-state index in [2.05, 4.69) is 20.9 Å². The van der Waals surface area contributed by atoms with Crippen LogP contribution in [-0.2, 0) is 20.7 Å². The second-order valence-electron chi connectivity index (χ2n) is 8.43. The summed E-state index contributed by atoms with van der Waals surface area (Å²) in [4.78, 5) is 29.6. The highest BCUT2D eigenvalue weighted by Crippen LogP contribution is 2.13. The number of benzene rings is 1. The van der Waals surface area contributed by atoms with Crippen molar-refractivity contribution in [2.75, 3.05) is 52.3 Å². The number of carbonyl (C=O) groups is 2. The Hall–Kier alpha value is -2.08. The largest absolute Gasteiger partial charge is 0.444 e. The van der Waals surface area contributed by atoms with Crippen LogP contribution in [0.5, 0.6) is 0 Å². The fourth-order valence-electron chi connectivity index (χ4n) is 2.49. The summed E-state index contributed by atoms with van der Waals surface area (Å²) in [5.41, 5.74) is 1.24. The summed E-state index contributed by atoms with van der Waals surface area (Å²) in [7, 11) is 3.42. The zero-order chi connectivity index (χ0) is 24.0. The molecule has 1 rings (SSSR count). The van der Waals surface area contributed by atoms with Gasteiger partial charge < -0.3 is 25.0 Å². The molecule has 3 N–H and O–H groups in total. The van der Waals surface area contributed by atoms with Crippen LogP contribution in [-0.4, -0.2) is 75.4 Å². The van der Waals surface area contributed by atoms with Gasteiger partial charge in [-0.3, -0.25) is 10.1 Å². The van der Waals surface area contributed by atoms with Gasteiger partial charge >= 0.3 is 6.09 Å². The van der Waals surface area contributed by atoms with Crippen LogP contribution in [0.1, 0.15) is 39.7 Å². The predicted octanol–water partition coefficient (Wildman–Crippen LogP) is 3.24. The molecule has 1 aromatic carbocycles. The van der Waals surface area contributed by atoms with Crippen molar-refractivity contribution in [3.63, 3.8) is 0 Å². The summed E-state index contributed by atoms with van der Waals surface area (Å²) in [6.45, 7) is 10.2. The Kier molecular flexibility index (Phi) is 15.5. The molecule has 0 aromatic heterocycles. The molecule has 9 nitrogen and oxygen atoms in total. The molecule has 0 spiro atoms. The normalized spacial score (nSPS) is 11.3. The summed E-state index contributed by atoms with van der Waals surface area (Å²) >= 11 is 0. The highest BCUT2D eigenvalue weighted by Gasteiger charge is 2.16. The van der Waals surface area contributed by atoms with E-state index < -0.39 is 11.7 Å². The van der Waals surface area contributed by atoms with Gasteiger partial charge in [0.25, 0.3) is 0 Å². The summed E-state index contributed by atoms with van der Waals surface area (Å²) in [6.07, 6.45) is 1.13. The maximum absolute atomic E-state index is 11.9. The molecule has 0 bridgehead atoms. The lowest BCUT2D eigenvalue weighted by Crippen LogP contribution is -2.40. The Morgan fingerprint density at radius 3 is 2.27 bits per heavy atom. The van der Waals surface area contributed by atoms with Crippen LogP contribution in [0.15, 0.2) is 29.3 Å². The van der Waals surface area contributed by atoms with E-state index in [1.54, 1.807) is 14.1 Å². The number of amides is 2. The first kappa shape index (κ1) is 30.9. The first-order valence-corrected chi connectivity index (χ1v) is 11.0. The SMILES string of the molecule is CCOCCCNC(=NCC(=O)N(C)C)NCCc1ccc(NC(=O)OC(C)(C)C)cc1.I. The monoisotopic (exact) mass is 577 g/mol. The quantitative estimate of drug-likeness (QED) is 0.162. The maximum Gasteiger partial charge on any atom is 0.412 e. The molecule has 0 fully saturated rings. The summed E-state index contributed by atoms with van der Waals surface area (Å²) in [5.74, 6) is 0.536. The van der Waals surface area contributed by atoms with Gasteiger partial charge in [0.1, 0.15) is 12.1 Å². The molecule has 2 amide bonds. The fraction of sp³-hybridized carbons (Fsp3) is 0.609. The highest BCUT2D eigenvalue weighted by atomic mass is 127. The lowest BCUT2D eigenvalue weighted by atomic mass is 10.1. The lowest BCUT2D eigenvalue weighted by Gasteiger charge is -2.19.